The second-order valence-corrected chi connectivity index (χ2v) is 5.13. The Labute approximate surface area is 110 Å². The predicted octanol–water partition coefficient (Wildman–Crippen LogP) is 3.01. The van der Waals surface area contributed by atoms with Crippen molar-refractivity contribution in [3.8, 4) is 0 Å². The molecule has 2 rings (SSSR count). The minimum absolute atomic E-state index is 0.607. The second-order valence-electron chi connectivity index (χ2n) is 4.01. The van der Waals surface area contributed by atoms with Crippen molar-refractivity contribution in [1.29, 1.82) is 0 Å². The van der Waals surface area contributed by atoms with Crippen molar-refractivity contribution in [2.24, 2.45) is 0 Å². The molecule has 1 aromatic carbocycles. The van der Waals surface area contributed by atoms with Crippen LogP contribution in [0.15, 0.2) is 29.1 Å². The lowest BCUT2D eigenvalue weighted by atomic mass is 10.2. The van der Waals surface area contributed by atoms with Crippen LogP contribution in [0.3, 0.4) is 0 Å². The summed E-state index contributed by atoms with van der Waals surface area (Å²) in [7, 11) is 2.06. The molecule has 0 aliphatic heterocycles. The van der Waals surface area contributed by atoms with E-state index in [1.165, 1.54) is 0 Å². The van der Waals surface area contributed by atoms with E-state index in [1.807, 2.05) is 23.7 Å². The molecule has 0 spiro atoms. The predicted molar refractivity (Wildman–Crippen MR) is 73.1 cm³/mol. The van der Waals surface area contributed by atoms with Gasteiger partial charge in [0, 0.05) is 18.5 Å². The Bertz CT molecular complexity index is 485. The number of rotatable bonds is 4. The summed E-state index contributed by atoms with van der Waals surface area (Å²) >= 11 is 7.50. The maximum absolute atomic E-state index is 5.89. The van der Waals surface area contributed by atoms with Gasteiger partial charge in [-0.05, 0) is 24.7 Å². The van der Waals surface area contributed by atoms with Crippen molar-refractivity contribution in [1.82, 2.24) is 9.88 Å². The van der Waals surface area contributed by atoms with Crippen molar-refractivity contribution in [2.45, 2.75) is 13.1 Å². The molecule has 2 N–H and O–H groups in total. The summed E-state index contributed by atoms with van der Waals surface area (Å²) in [5, 5.41) is 2.67. The summed E-state index contributed by atoms with van der Waals surface area (Å²) in [5.41, 5.74) is 10.5. The zero-order chi connectivity index (χ0) is 12.3. The van der Waals surface area contributed by atoms with Gasteiger partial charge in [-0.3, -0.25) is 4.90 Å². The normalized spacial score (nSPS) is 11.0. The van der Waals surface area contributed by atoms with Crippen molar-refractivity contribution >= 4 is 28.6 Å². The highest BCUT2D eigenvalue weighted by Crippen LogP contribution is 2.20. The average Bonchev–Trinajstić information content (AvgIpc) is 2.76. The van der Waals surface area contributed by atoms with Crippen LogP contribution in [-0.4, -0.2) is 16.9 Å². The number of hydrogen-bond acceptors (Lipinski definition) is 4. The Morgan fingerprint density at radius 3 is 2.88 bits per heavy atom. The largest absolute Gasteiger partial charge is 0.398 e. The summed E-state index contributed by atoms with van der Waals surface area (Å²) in [6, 6.07) is 5.75. The maximum atomic E-state index is 5.89. The Kier molecular flexibility index (Phi) is 3.99. The number of nitrogens with zero attached hydrogens (tertiary/aromatic N) is 2. The van der Waals surface area contributed by atoms with Crippen molar-refractivity contribution in [3.63, 3.8) is 0 Å². The van der Waals surface area contributed by atoms with Crippen molar-refractivity contribution in [3.05, 3.63) is 45.4 Å². The van der Waals surface area contributed by atoms with Gasteiger partial charge in [-0.25, -0.2) is 4.98 Å². The molecule has 0 aliphatic carbocycles. The summed E-state index contributed by atoms with van der Waals surface area (Å²) in [6.07, 6.45) is 0. The van der Waals surface area contributed by atoms with Gasteiger partial charge in [0.1, 0.15) is 0 Å². The van der Waals surface area contributed by atoms with Crippen LogP contribution in [0, 0.1) is 0 Å². The van der Waals surface area contributed by atoms with E-state index in [0.29, 0.717) is 10.7 Å². The van der Waals surface area contributed by atoms with Crippen LogP contribution >= 0.6 is 22.9 Å². The molecule has 0 fully saturated rings. The molecular formula is C12H14ClN3S. The fourth-order valence-electron chi connectivity index (χ4n) is 1.65. The Balaban J connectivity index is 1.98. The molecule has 1 heterocycles. The van der Waals surface area contributed by atoms with E-state index in [4.69, 9.17) is 17.3 Å². The van der Waals surface area contributed by atoms with Gasteiger partial charge in [-0.1, -0.05) is 17.7 Å². The molecular weight excluding hydrogens is 254 g/mol. The van der Waals surface area contributed by atoms with E-state index >= 15 is 0 Å². The molecule has 1 aromatic heterocycles. The number of anilines is 1. The Morgan fingerprint density at radius 1 is 1.41 bits per heavy atom. The SMILES string of the molecule is CN(Cc1ccc(Cl)c(N)c1)Cc1cscn1. The lowest BCUT2D eigenvalue weighted by molar-refractivity contribution is 0.316. The van der Waals surface area contributed by atoms with E-state index in [-0.39, 0.29) is 0 Å². The quantitative estimate of drug-likeness (QED) is 0.866. The molecule has 5 heteroatoms. The standard InChI is InChI=1S/C12H14ClN3S/c1-16(6-10-7-17-8-15-10)5-9-2-3-11(13)12(14)4-9/h2-4,7-8H,5-6,14H2,1H3. The van der Waals surface area contributed by atoms with E-state index < -0.39 is 0 Å². The first-order valence-corrected chi connectivity index (χ1v) is 6.57. The minimum Gasteiger partial charge on any atom is -0.398 e. The number of halogens is 1. The average molecular weight is 268 g/mol. The number of thiazole rings is 1. The van der Waals surface area contributed by atoms with Gasteiger partial charge in [-0.15, -0.1) is 11.3 Å². The maximum Gasteiger partial charge on any atom is 0.0795 e. The smallest absolute Gasteiger partial charge is 0.0795 e. The Hall–Kier alpha value is -1.10. The van der Waals surface area contributed by atoms with Gasteiger partial charge in [0.25, 0.3) is 0 Å². The molecule has 3 nitrogen and oxygen atoms in total. The number of benzene rings is 1. The fourth-order valence-corrected chi connectivity index (χ4v) is 2.32. The first kappa shape index (κ1) is 12.4. The van der Waals surface area contributed by atoms with Crippen LogP contribution in [0.5, 0.6) is 0 Å². The highest BCUT2D eigenvalue weighted by molar-refractivity contribution is 7.07. The van der Waals surface area contributed by atoms with Crippen LogP contribution in [0.2, 0.25) is 5.02 Å². The van der Waals surface area contributed by atoms with Gasteiger partial charge in [0.05, 0.1) is 21.9 Å². The Morgan fingerprint density at radius 2 is 2.24 bits per heavy atom. The van der Waals surface area contributed by atoms with Crippen LogP contribution in [0.1, 0.15) is 11.3 Å². The second kappa shape index (κ2) is 5.49. The highest BCUT2D eigenvalue weighted by Gasteiger charge is 2.04. The van der Waals surface area contributed by atoms with Gasteiger partial charge in [0.2, 0.25) is 0 Å². The van der Waals surface area contributed by atoms with Crippen molar-refractivity contribution < 1.29 is 0 Å². The molecule has 0 radical (unpaired) electrons. The van der Waals surface area contributed by atoms with Crippen LogP contribution in [0.4, 0.5) is 5.69 Å². The topological polar surface area (TPSA) is 42.1 Å². The van der Waals surface area contributed by atoms with E-state index in [1.54, 1.807) is 11.3 Å². The molecule has 17 heavy (non-hydrogen) atoms. The van der Waals surface area contributed by atoms with E-state index in [0.717, 1.165) is 24.3 Å². The van der Waals surface area contributed by atoms with Gasteiger partial charge >= 0.3 is 0 Å². The summed E-state index contributed by atoms with van der Waals surface area (Å²) in [6.45, 7) is 1.67. The summed E-state index contributed by atoms with van der Waals surface area (Å²) < 4.78 is 0. The molecule has 0 aliphatic rings. The first-order valence-electron chi connectivity index (χ1n) is 5.24. The van der Waals surface area contributed by atoms with E-state index in [2.05, 4.69) is 22.3 Å². The first-order chi connectivity index (χ1) is 8.15. The molecule has 0 saturated heterocycles. The highest BCUT2D eigenvalue weighted by atomic mass is 35.5. The monoisotopic (exact) mass is 267 g/mol. The third kappa shape index (κ3) is 3.43. The molecule has 0 amide bonds. The van der Waals surface area contributed by atoms with Crippen molar-refractivity contribution in [2.75, 3.05) is 12.8 Å². The lowest BCUT2D eigenvalue weighted by Gasteiger charge is -2.15. The van der Waals surface area contributed by atoms with Gasteiger partial charge in [0.15, 0.2) is 0 Å². The zero-order valence-corrected chi connectivity index (χ0v) is 11.1. The zero-order valence-electron chi connectivity index (χ0n) is 9.56. The lowest BCUT2D eigenvalue weighted by Crippen LogP contribution is -2.17. The third-order valence-corrected chi connectivity index (χ3v) is 3.41. The summed E-state index contributed by atoms with van der Waals surface area (Å²) in [5.74, 6) is 0. The number of nitrogens with two attached hydrogens (primary N) is 1. The number of hydrogen-bond donors (Lipinski definition) is 1. The number of nitrogen functional groups attached to an aromatic ring is 1. The minimum atomic E-state index is 0.607. The molecule has 0 saturated carbocycles. The van der Waals surface area contributed by atoms with E-state index in [9.17, 15) is 0 Å². The third-order valence-electron chi connectivity index (χ3n) is 2.43. The van der Waals surface area contributed by atoms with Gasteiger partial charge in [-0.2, -0.15) is 0 Å². The van der Waals surface area contributed by atoms with Crippen LogP contribution < -0.4 is 5.73 Å². The van der Waals surface area contributed by atoms with Crippen LogP contribution in [-0.2, 0) is 13.1 Å². The number of aromatic nitrogens is 1. The van der Waals surface area contributed by atoms with Crippen LogP contribution in [0.25, 0.3) is 0 Å². The molecule has 2 aromatic rings. The van der Waals surface area contributed by atoms with Gasteiger partial charge < -0.3 is 5.73 Å². The molecule has 0 atom stereocenters. The fraction of sp³-hybridized carbons (Fsp3) is 0.250. The molecule has 0 unspecified atom stereocenters. The molecule has 0 bridgehead atoms. The summed E-state index contributed by atoms with van der Waals surface area (Å²) in [4.78, 5) is 6.45. The molecule has 90 valence electrons.